The molecule has 8 heteroatoms. The van der Waals surface area contributed by atoms with Crippen molar-refractivity contribution in [2.24, 2.45) is 4.99 Å². The Morgan fingerprint density at radius 1 is 1.44 bits per heavy atom. The first-order valence-electron chi connectivity index (χ1n) is 8.37. The van der Waals surface area contributed by atoms with Gasteiger partial charge in [0.15, 0.2) is 0 Å². The van der Waals surface area contributed by atoms with E-state index in [0.29, 0.717) is 16.8 Å². The number of aromatic nitrogens is 1. The van der Waals surface area contributed by atoms with Crippen LogP contribution in [0, 0.1) is 18.3 Å². The van der Waals surface area contributed by atoms with Gasteiger partial charge in [-0.3, -0.25) is 0 Å². The third kappa shape index (κ3) is 4.96. The Hall–Kier alpha value is -2.17. The van der Waals surface area contributed by atoms with Gasteiger partial charge in [0.1, 0.15) is 28.7 Å². The number of nitrogens with zero attached hydrogens (tertiary/aromatic N) is 4. The van der Waals surface area contributed by atoms with E-state index < -0.39 is 5.67 Å². The molecule has 5 nitrogen and oxygen atoms in total. The first kappa shape index (κ1) is 21.1. The third-order valence-electron chi connectivity index (χ3n) is 3.98. The van der Waals surface area contributed by atoms with Gasteiger partial charge in [0, 0.05) is 24.6 Å². The normalized spacial score (nSPS) is 11.9. The van der Waals surface area contributed by atoms with Crippen LogP contribution in [0.1, 0.15) is 44.5 Å². The molecule has 0 spiro atoms. The van der Waals surface area contributed by atoms with E-state index in [9.17, 15) is 9.65 Å². The summed E-state index contributed by atoms with van der Waals surface area (Å²) in [6.45, 7) is 8.73. The van der Waals surface area contributed by atoms with E-state index in [2.05, 4.69) is 23.2 Å². The minimum Gasteiger partial charge on any atom is -0.442 e. The van der Waals surface area contributed by atoms with Crippen LogP contribution in [-0.4, -0.2) is 28.7 Å². The number of aryl methyl sites for hydroxylation is 1. The van der Waals surface area contributed by atoms with Gasteiger partial charge in [-0.05, 0) is 52.3 Å². The number of hydrogen-bond acceptors (Lipinski definition) is 5. The topological polar surface area (TPSA) is 61.5 Å². The van der Waals surface area contributed by atoms with Gasteiger partial charge < -0.3 is 9.64 Å². The number of benzene rings is 1. The fourth-order valence-electron chi connectivity index (χ4n) is 2.10. The molecular weight excluding hydrogens is 387 g/mol. The lowest BCUT2D eigenvalue weighted by atomic mass is 10.0. The summed E-state index contributed by atoms with van der Waals surface area (Å²) in [6.07, 6.45) is 1.75. The molecule has 144 valence electrons. The number of alkyl halides is 1. The Kier molecular flexibility index (Phi) is 6.45. The van der Waals surface area contributed by atoms with Crippen LogP contribution < -0.4 is 4.74 Å². The van der Waals surface area contributed by atoms with Crippen LogP contribution >= 0.6 is 23.1 Å². The van der Waals surface area contributed by atoms with Gasteiger partial charge >= 0.3 is 0 Å². The summed E-state index contributed by atoms with van der Waals surface area (Å²) < 4.78 is 24.0. The smallest absolute Gasteiger partial charge is 0.218 e. The highest BCUT2D eigenvalue weighted by molar-refractivity contribution is 7.08. The summed E-state index contributed by atoms with van der Waals surface area (Å²) in [5.74, 6) is 0.369. The molecule has 0 aliphatic rings. The zero-order chi connectivity index (χ0) is 20.4. The van der Waals surface area contributed by atoms with Crippen LogP contribution in [0.2, 0.25) is 5.02 Å². The molecule has 2 aromatic rings. The van der Waals surface area contributed by atoms with E-state index in [0.717, 1.165) is 22.8 Å². The van der Waals surface area contributed by atoms with Crippen molar-refractivity contribution in [3.8, 4) is 16.9 Å². The Balaban J connectivity index is 2.33. The van der Waals surface area contributed by atoms with Crippen molar-refractivity contribution in [3.63, 3.8) is 0 Å². The number of halogens is 2. The molecule has 0 amide bonds. The van der Waals surface area contributed by atoms with Gasteiger partial charge in [0.2, 0.25) is 5.06 Å². The molecule has 0 radical (unpaired) electrons. The van der Waals surface area contributed by atoms with Gasteiger partial charge in [0.05, 0.1) is 17.0 Å². The fraction of sp³-hybridized carbons (Fsp3) is 0.421. The summed E-state index contributed by atoms with van der Waals surface area (Å²) >= 11 is 7.27. The fourth-order valence-corrected chi connectivity index (χ4v) is 3.14. The largest absolute Gasteiger partial charge is 0.442 e. The highest BCUT2D eigenvalue weighted by Crippen LogP contribution is 2.41. The van der Waals surface area contributed by atoms with Crippen LogP contribution in [0.15, 0.2) is 17.1 Å². The van der Waals surface area contributed by atoms with Crippen molar-refractivity contribution in [3.05, 3.63) is 34.0 Å². The Labute approximate surface area is 168 Å². The molecule has 1 aromatic heterocycles. The molecule has 0 aliphatic heterocycles. The maximum Gasteiger partial charge on any atom is 0.218 e. The van der Waals surface area contributed by atoms with Crippen LogP contribution in [-0.2, 0) is 5.67 Å². The highest BCUT2D eigenvalue weighted by Gasteiger charge is 2.29. The molecule has 1 heterocycles. The predicted molar refractivity (Wildman–Crippen MR) is 108 cm³/mol. The van der Waals surface area contributed by atoms with Gasteiger partial charge in [0.25, 0.3) is 0 Å². The molecule has 0 saturated heterocycles. The Morgan fingerprint density at radius 3 is 2.67 bits per heavy atom. The van der Waals surface area contributed by atoms with Crippen molar-refractivity contribution < 1.29 is 9.13 Å². The van der Waals surface area contributed by atoms with E-state index >= 15 is 0 Å². The van der Waals surface area contributed by atoms with E-state index in [1.165, 1.54) is 13.8 Å². The molecule has 0 aliphatic carbocycles. The van der Waals surface area contributed by atoms with Crippen molar-refractivity contribution in [2.75, 3.05) is 7.05 Å². The van der Waals surface area contributed by atoms with Gasteiger partial charge in [-0.1, -0.05) is 11.6 Å². The average Bonchev–Trinajstić information content (AvgIpc) is 2.99. The second-order valence-corrected chi connectivity index (χ2v) is 8.10. The van der Waals surface area contributed by atoms with Gasteiger partial charge in [-0.2, -0.15) is 9.64 Å². The molecule has 2 rings (SSSR count). The van der Waals surface area contributed by atoms with Crippen molar-refractivity contribution in [1.29, 1.82) is 5.26 Å². The maximum atomic E-state index is 14.2. The maximum absolute atomic E-state index is 14.2. The van der Waals surface area contributed by atoms with Crippen molar-refractivity contribution in [2.45, 2.75) is 46.3 Å². The summed E-state index contributed by atoms with van der Waals surface area (Å²) in [5, 5.41) is 9.94. The molecule has 0 atom stereocenters. The molecule has 0 bridgehead atoms. The second kappa shape index (κ2) is 8.24. The zero-order valence-electron chi connectivity index (χ0n) is 16.2. The van der Waals surface area contributed by atoms with Crippen LogP contribution in [0.3, 0.4) is 0 Å². The quantitative estimate of drug-likeness (QED) is 0.436. The van der Waals surface area contributed by atoms with Crippen molar-refractivity contribution >= 4 is 35.2 Å². The lowest BCUT2D eigenvalue weighted by Gasteiger charge is -2.17. The van der Waals surface area contributed by atoms with Crippen LogP contribution in [0.5, 0.6) is 10.8 Å². The number of ether oxygens (including phenoxy) is 1. The van der Waals surface area contributed by atoms with Gasteiger partial charge in [-0.25, -0.2) is 9.38 Å². The van der Waals surface area contributed by atoms with E-state index in [1.54, 1.807) is 18.5 Å². The summed E-state index contributed by atoms with van der Waals surface area (Å²) in [4.78, 5) is 6.44. The second-order valence-electron chi connectivity index (χ2n) is 6.95. The van der Waals surface area contributed by atoms with Crippen LogP contribution in [0.4, 0.5) is 10.1 Å². The zero-order valence-corrected chi connectivity index (χ0v) is 17.7. The van der Waals surface area contributed by atoms with E-state index in [4.69, 9.17) is 16.3 Å². The predicted octanol–water partition coefficient (Wildman–Crippen LogP) is 5.97. The molecule has 0 saturated carbocycles. The molecule has 27 heavy (non-hydrogen) atoms. The standard InChI is InChI=1S/C19H22ClFN4OS/c1-11(2)25(6)10-23-15-8-14(20)16(7-12(15)3)26-18-13(9-22)17(24-27-18)19(4,5)21/h7-8,10-11H,1-6H3. The highest BCUT2D eigenvalue weighted by atomic mass is 35.5. The van der Waals surface area contributed by atoms with E-state index in [1.807, 2.05) is 24.9 Å². The minimum atomic E-state index is -1.73. The number of hydrogen-bond donors (Lipinski definition) is 0. The van der Waals surface area contributed by atoms with E-state index in [-0.39, 0.29) is 16.3 Å². The first-order valence-corrected chi connectivity index (χ1v) is 9.53. The number of nitriles is 1. The SMILES string of the molecule is Cc1cc(Oc2snc(C(C)(C)F)c2C#N)c(Cl)cc1N=CN(C)C(C)C. The lowest BCUT2D eigenvalue weighted by Crippen LogP contribution is -2.24. The lowest BCUT2D eigenvalue weighted by molar-refractivity contribution is 0.215. The molecule has 1 aromatic carbocycles. The summed E-state index contributed by atoms with van der Waals surface area (Å²) in [5.41, 5.74) is -0.00560. The average molecular weight is 409 g/mol. The molecule has 0 fully saturated rings. The summed E-state index contributed by atoms with van der Waals surface area (Å²) in [7, 11) is 1.94. The Morgan fingerprint density at radius 2 is 2.11 bits per heavy atom. The number of rotatable bonds is 6. The van der Waals surface area contributed by atoms with Crippen molar-refractivity contribution in [1.82, 2.24) is 9.27 Å². The number of aliphatic imine (C=N–C) groups is 1. The Bertz CT molecular complexity index is 896. The molecular formula is C19H22ClFN4OS. The monoisotopic (exact) mass is 408 g/mol. The van der Waals surface area contributed by atoms with Gasteiger partial charge in [-0.15, -0.1) is 0 Å². The first-order chi connectivity index (χ1) is 12.5. The molecule has 0 N–H and O–H groups in total. The summed E-state index contributed by atoms with van der Waals surface area (Å²) in [6, 6.07) is 5.74. The third-order valence-corrected chi connectivity index (χ3v) is 5.00. The molecule has 0 unspecified atom stereocenters. The van der Waals surface area contributed by atoms with Crippen LogP contribution in [0.25, 0.3) is 0 Å². The minimum absolute atomic E-state index is 0.0655.